The Morgan fingerprint density at radius 2 is 1.79 bits per heavy atom. The molecular formula is C16H21N3. The van der Waals surface area contributed by atoms with Crippen molar-refractivity contribution in [2.75, 3.05) is 23.3 Å². The van der Waals surface area contributed by atoms with Crippen LogP contribution in [0.2, 0.25) is 0 Å². The summed E-state index contributed by atoms with van der Waals surface area (Å²) in [6.07, 6.45) is 1.85. The summed E-state index contributed by atoms with van der Waals surface area (Å²) in [6, 6.07) is 12.7. The molecule has 100 valence electrons. The molecule has 0 radical (unpaired) electrons. The van der Waals surface area contributed by atoms with Crippen LogP contribution in [0.4, 0.5) is 17.2 Å². The number of nitrogens with one attached hydrogen (secondary N) is 1. The summed E-state index contributed by atoms with van der Waals surface area (Å²) in [5.74, 6) is 0.922. The monoisotopic (exact) mass is 255 g/mol. The van der Waals surface area contributed by atoms with E-state index < -0.39 is 0 Å². The van der Waals surface area contributed by atoms with E-state index in [0.717, 1.165) is 24.6 Å². The van der Waals surface area contributed by atoms with Gasteiger partial charge in [-0.3, -0.25) is 0 Å². The van der Waals surface area contributed by atoms with Gasteiger partial charge in [-0.25, -0.2) is 4.98 Å². The molecule has 1 heterocycles. The van der Waals surface area contributed by atoms with Gasteiger partial charge in [0.2, 0.25) is 0 Å². The Labute approximate surface area is 115 Å². The lowest BCUT2D eigenvalue weighted by molar-refractivity contribution is 1.02. The van der Waals surface area contributed by atoms with Crippen LogP contribution in [0, 0.1) is 6.92 Å². The third-order valence-electron chi connectivity index (χ3n) is 3.07. The highest BCUT2D eigenvalue weighted by Crippen LogP contribution is 2.26. The molecule has 0 aliphatic carbocycles. The maximum atomic E-state index is 4.32. The standard InChI is InChI=1S/C16H21N3/c1-4-17-16-12-15(10-11-18-16)19(5-2)14-8-6-13(3)7-9-14/h6-12H,4-5H2,1-3H3,(H,17,18). The number of anilines is 3. The predicted octanol–water partition coefficient (Wildman–Crippen LogP) is 3.98. The van der Waals surface area contributed by atoms with Crippen molar-refractivity contribution in [3.63, 3.8) is 0 Å². The molecule has 0 atom stereocenters. The largest absolute Gasteiger partial charge is 0.370 e. The van der Waals surface area contributed by atoms with Gasteiger partial charge in [-0.2, -0.15) is 0 Å². The zero-order valence-corrected chi connectivity index (χ0v) is 11.9. The average molecular weight is 255 g/mol. The zero-order valence-electron chi connectivity index (χ0n) is 11.9. The smallest absolute Gasteiger partial charge is 0.127 e. The molecule has 0 amide bonds. The lowest BCUT2D eigenvalue weighted by Gasteiger charge is -2.23. The van der Waals surface area contributed by atoms with Crippen LogP contribution in [-0.4, -0.2) is 18.1 Å². The number of benzene rings is 1. The molecular weight excluding hydrogens is 234 g/mol. The summed E-state index contributed by atoms with van der Waals surface area (Å²) >= 11 is 0. The summed E-state index contributed by atoms with van der Waals surface area (Å²) in [5.41, 5.74) is 3.65. The van der Waals surface area contributed by atoms with Crippen LogP contribution in [0.25, 0.3) is 0 Å². The normalized spacial score (nSPS) is 10.3. The van der Waals surface area contributed by atoms with Gasteiger partial charge in [0.1, 0.15) is 5.82 Å². The lowest BCUT2D eigenvalue weighted by atomic mass is 10.2. The molecule has 2 aromatic rings. The van der Waals surface area contributed by atoms with Crippen LogP contribution in [0.3, 0.4) is 0 Å². The number of hydrogen-bond acceptors (Lipinski definition) is 3. The van der Waals surface area contributed by atoms with E-state index in [4.69, 9.17) is 0 Å². The summed E-state index contributed by atoms with van der Waals surface area (Å²) in [6.45, 7) is 8.15. The third kappa shape index (κ3) is 3.25. The van der Waals surface area contributed by atoms with Crippen molar-refractivity contribution in [2.24, 2.45) is 0 Å². The van der Waals surface area contributed by atoms with Gasteiger partial charge in [0.25, 0.3) is 0 Å². The minimum atomic E-state index is 0.882. The van der Waals surface area contributed by atoms with Gasteiger partial charge in [0, 0.05) is 36.7 Å². The molecule has 2 rings (SSSR count). The highest BCUT2D eigenvalue weighted by Gasteiger charge is 2.07. The summed E-state index contributed by atoms with van der Waals surface area (Å²) in [7, 11) is 0. The van der Waals surface area contributed by atoms with Crippen LogP contribution in [-0.2, 0) is 0 Å². The molecule has 0 saturated carbocycles. The lowest BCUT2D eigenvalue weighted by Crippen LogP contribution is -2.16. The first-order chi connectivity index (χ1) is 9.24. The number of hydrogen-bond donors (Lipinski definition) is 1. The van der Waals surface area contributed by atoms with Gasteiger partial charge in [-0.15, -0.1) is 0 Å². The number of rotatable bonds is 5. The van der Waals surface area contributed by atoms with Crippen LogP contribution < -0.4 is 10.2 Å². The Balaban J connectivity index is 2.30. The van der Waals surface area contributed by atoms with Crippen molar-refractivity contribution < 1.29 is 0 Å². The zero-order chi connectivity index (χ0) is 13.7. The summed E-state index contributed by atoms with van der Waals surface area (Å²) in [5, 5.41) is 3.25. The first-order valence-electron chi connectivity index (χ1n) is 6.78. The minimum absolute atomic E-state index is 0.882. The summed E-state index contributed by atoms with van der Waals surface area (Å²) in [4.78, 5) is 6.60. The molecule has 1 N–H and O–H groups in total. The SMILES string of the molecule is CCNc1cc(N(CC)c2ccc(C)cc2)ccn1. The molecule has 0 spiro atoms. The fraction of sp³-hybridized carbons (Fsp3) is 0.312. The van der Waals surface area contributed by atoms with Crippen molar-refractivity contribution in [2.45, 2.75) is 20.8 Å². The quantitative estimate of drug-likeness (QED) is 0.876. The average Bonchev–Trinajstić information content (AvgIpc) is 2.43. The second-order valence-corrected chi connectivity index (χ2v) is 4.51. The highest BCUT2D eigenvalue weighted by molar-refractivity contribution is 5.65. The van der Waals surface area contributed by atoms with E-state index in [1.165, 1.54) is 11.3 Å². The third-order valence-corrected chi connectivity index (χ3v) is 3.07. The number of aryl methyl sites for hydroxylation is 1. The Bertz CT molecular complexity index is 520. The Morgan fingerprint density at radius 3 is 2.42 bits per heavy atom. The predicted molar refractivity (Wildman–Crippen MR) is 82.3 cm³/mol. The number of aromatic nitrogens is 1. The molecule has 0 aliphatic rings. The summed E-state index contributed by atoms with van der Waals surface area (Å²) < 4.78 is 0. The fourth-order valence-electron chi connectivity index (χ4n) is 2.10. The van der Waals surface area contributed by atoms with Crippen molar-refractivity contribution in [1.82, 2.24) is 4.98 Å². The Morgan fingerprint density at radius 1 is 1.05 bits per heavy atom. The molecule has 3 nitrogen and oxygen atoms in total. The fourth-order valence-corrected chi connectivity index (χ4v) is 2.10. The second-order valence-electron chi connectivity index (χ2n) is 4.51. The van der Waals surface area contributed by atoms with Gasteiger partial charge >= 0.3 is 0 Å². The molecule has 3 heteroatoms. The van der Waals surface area contributed by atoms with E-state index in [9.17, 15) is 0 Å². The number of pyridine rings is 1. The maximum absolute atomic E-state index is 4.32. The molecule has 1 aromatic carbocycles. The van der Waals surface area contributed by atoms with E-state index in [-0.39, 0.29) is 0 Å². The van der Waals surface area contributed by atoms with Crippen molar-refractivity contribution in [3.8, 4) is 0 Å². The molecule has 1 aromatic heterocycles. The van der Waals surface area contributed by atoms with E-state index in [0.29, 0.717) is 0 Å². The van der Waals surface area contributed by atoms with Gasteiger partial charge in [-0.05, 0) is 39.0 Å². The Hall–Kier alpha value is -2.03. The topological polar surface area (TPSA) is 28.2 Å². The second kappa shape index (κ2) is 6.23. The van der Waals surface area contributed by atoms with Crippen LogP contribution >= 0.6 is 0 Å². The number of nitrogens with zero attached hydrogens (tertiary/aromatic N) is 2. The molecule has 0 unspecified atom stereocenters. The van der Waals surface area contributed by atoms with Gasteiger partial charge in [0.05, 0.1) is 0 Å². The molecule has 19 heavy (non-hydrogen) atoms. The molecule has 0 saturated heterocycles. The van der Waals surface area contributed by atoms with Crippen LogP contribution in [0.1, 0.15) is 19.4 Å². The first-order valence-corrected chi connectivity index (χ1v) is 6.78. The maximum Gasteiger partial charge on any atom is 0.127 e. The van der Waals surface area contributed by atoms with Crippen molar-refractivity contribution >= 4 is 17.2 Å². The molecule has 0 fully saturated rings. The van der Waals surface area contributed by atoms with Gasteiger partial charge in [0.15, 0.2) is 0 Å². The van der Waals surface area contributed by atoms with E-state index in [1.54, 1.807) is 0 Å². The van der Waals surface area contributed by atoms with E-state index in [1.807, 2.05) is 12.3 Å². The van der Waals surface area contributed by atoms with Gasteiger partial charge in [-0.1, -0.05) is 17.7 Å². The van der Waals surface area contributed by atoms with E-state index >= 15 is 0 Å². The molecule has 0 aliphatic heterocycles. The van der Waals surface area contributed by atoms with Gasteiger partial charge < -0.3 is 10.2 Å². The van der Waals surface area contributed by atoms with E-state index in [2.05, 4.69) is 66.3 Å². The van der Waals surface area contributed by atoms with Crippen LogP contribution in [0.5, 0.6) is 0 Å². The first kappa shape index (κ1) is 13.4. The highest BCUT2D eigenvalue weighted by atomic mass is 15.1. The van der Waals surface area contributed by atoms with Crippen molar-refractivity contribution in [3.05, 3.63) is 48.2 Å². The molecule has 0 bridgehead atoms. The minimum Gasteiger partial charge on any atom is -0.370 e. The van der Waals surface area contributed by atoms with Crippen molar-refractivity contribution in [1.29, 1.82) is 0 Å². The van der Waals surface area contributed by atoms with Crippen LogP contribution in [0.15, 0.2) is 42.6 Å². The Kier molecular flexibility index (Phi) is 4.39.